The van der Waals surface area contributed by atoms with Crippen molar-refractivity contribution in [2.45, 2.75) is 25.0 Å². The van der Waals surface area contributed by atoms with Gasteiger partial charge >= 0.3 is 0 Å². The summed E-state index contributed by atoms with van der Waals surface area (Å²) in [4.78, 5) is 12.3. The molecule has 0 fully saturated rings. The Labute approximate surface area is 136 Å². The zero-order chi connectivity index (χ0) is 16.1. The predicted octanol–water partition coefficient (Wildman–Crippen LogP) is 2.88. The molecule has 1 aliphatic heterocycles. The van der Waals surface area contributed by atoms with E-state index in [0.717, 1.165) is 24.2 Å². The number of ether oxygens (including phenoxy) is 2. The third kappa shape index (κ3) is 3.71. The van der Waals surface area contributed by atoms with Crippen molar-refractivity contribution in [1.82, 2.24) is 5.32 Å². The van der Waals surface area contributed by atoms with Crippen LogP contribution < -0.4 is 10.1 Å². The first-order chi connectivity index (χ1) is 11.3. The fraction of sp³-hybridized carbons (Fsp3) is 0.316. The number of carbonyl (C=O) groups excluding carboxylic acids is 1. The standard InChI is InChI=1S/C19H21NO3/c1-22-18(14-7-3-2-4-8-14)19(21)20-12-11-16-13-15-9-5-6-10-17(15)23-16/h2-10,16,18H,11-13H2,1H3,(H,20,21)/t16-,18-/m0/s1. The smallest absolute Gasteiger partial charge is 0.253 e. The number of carbonyl (C=O) groups is 1. The van der Waals surface area contributed by atoms with Crippen LogP contribution in [0.25, 0.3) is 0 Å². The highest BCUT2D eigenvalue weighted by Crippen LogP contribution is 2.29. The lowest BCUT2D eigenvalue weighted by atomic mass is 10.1. The SMILES string of the molecule is CO[C@H](C(=O)NCC[C@H]1Cc2ccccc2O1)c1ccccc1. The van der Waals surface area contributed by atoms with Crippen LogP contribution in [0.1, 0.15) is 23.7 Å². The fourth-order valence-electron chi connectivity index (χ4n) is 2.89. The normalized spacial score (nSPS) is 17.2. The molecule has 1 amide bonds. The summed E-state index contributed by atoms with van der Waals surface area (Å²) in [5, 5.41) is 2.94. The van der Waals surface area contributed by atoms with Gasteiger partial charge in [0, 0.05) is 26.5 Å². The van der Waals surface area contributed by atoms with Crippen molar-refractivity contribution in [3.8, 4) is 5.75 Å². The third-order valence-electron chi connectivity index (χ3n) is 4.06. The van der Waals surface area contributed by atoms with Crippen LogP contribution in [-0.2, 0) is 16.0 Å². The van der Waals surface area contributed by atoms with Crippen LogP contribution in [0.4, 0.5) is 0 Å². The molecule has 0 spiro atoms. The van der Waals surface area contributed by atoms with Crippen LogP contribution in [0.2, 0.25) is 0 Å². The highest BCUT2D eigenvalue weighted by Gasteiger charge is 2.23. The molecule has 0 bridgehead atoms. The van der Waals surface area contributed by atoms with Crippen molar-refractivity contribution in [2.24, 2.45) is 0 Å². The van der Waals surface area contributed by atoms with Crippen LogP contribution in [0.15, 0.2) is 54.6 Å². The highest BCUT2D eigenvalue weighted by molar-refractivity contribution is 5.82. The van der Waals surface area contributed by atoms with E-state index in [2.05, 4.69) is 11.4 Å². The van der Waals surface area contributed by atoms with E-state index in [-0.39, 0.29) is 12.0 Å². The minimum absolute atomic E-state index is 0.116. The minimum Gasteiger partial charge on any atom is -0.490 e. The van der Waals surface area contributed by atoms with Gasteiger partial charge in [0.2, 0.25) is 0 Å². The Hall–Kier alpha value is -2.33. The number of methoxy groups -OCH3 is 1. The average molecular weight is 311 g/mol. The zero-order valence-corrected chi connectivity index (χ0v) is 13.2. The number of benzene rings is 2. The van der Waals surface area contributed by atoms with Gasteiger partial charge < -0.3 is 14.8 Å². The fourth-order valence-corrected chi connectivity index (χ4v) is 2.89. The molecule has 0 saturated heterocycles. The molecule has 0 aliphatic carbocycles. The summed E-state index contributed by atoms with van der Waals surface area (Å²) >= 11 is 0. The second-order valence-corrected chi connectivity index (χ2v) is 5.66. The van der Waals surface area contributed by atoms with E-state index in [9.17, 15) is 4.79 Å². The monoisotopic (exact) mass is 311 g/mol. The van der Waals surface area contributed by atoms with Gasteiger partial charge in [-0.1, -0.05) is 48.5 Å². The van der Waals surface area contributed by atoms with Gasteiger partial charge in [-0.2, -0.15) is 0 Å². The average Bonchev–Trinajstić information content (AvgIpc) is 2.99. The summed E-state index contributed by atoms with van der Waals surface area (Å²) < 4.78 is 11.2. The van der Waals surface area contributed by atoms with Crippen molar-refractivity contribution in [3.63, 3.8) is 0 Å². The second-order valence-electron chi connectivity index (χ2n) is 5.66. The lowest BCUT2D eigenvalue weighted by Crippen LogP contribution is -2.33. The number of fused-ring (bicyclic) bond motifs is 1. The van der Waals surface area contributed by atoms with Crippen LogP contribution in [0.3, 0.4) is 0 Å². The molecular weight excluding hydrogens is 290 g/mol. The first-order valence-electron chi connectivity index (χ1n) is 7.88. The van der Waals surface area contributed by atoms with Crippen LogP contribution in [-0.4, -0.2) is 25.7 Å². The summed E-state index contributed by atoms with van der Waals surface area (Å²) in [7, 11) is 1.55. The van der Waals surface area contributed by atoms with E-state index in [4.69, 9.17) is 9.47 Å². The summed E-state index contributed by atoms with van der Waals surface area (Å²) in [6.07, 6.45) is 1.24. The summed E-state index contributed by atoms with van der Waals surface area (Å²) in [5.41, 5.74) is 2.10. The molecule has 0 aromatic heterocycles. The summed E-state index contributed by atoms with van der Waals surface area (Å²) in [5.74, 6) is 0.845. The summed E-state index contributed by atoms with van der Waals surface area (Å²) in [6.45, 7) is 0.574. The van der Waals surface area contributed by atoms with Crippen molar-refractivity contribution in [2.75, 3.05) is 13.7 Å². The predicted molar refractivity (Wildman–Crippen MR) is 88.4 cm³/mol. The number of nitrogens with one attached hydrogen (secondary N) is 1. The van der Waals surface area contributed by atoms with E-state index in [0.29, 0.717) is 6.54 Å². The van der Waals surface area contributed by atoms with Gasteiger partial charge in [-0.15, -0.1) is 0 Å². The molecule has 4 nitrogen and oxygen atoms in total. The van der Waals surface area contributed by atoms with Gasteiger partial charge in [-0.3, -0.25) is 4.79 Å². The Kier molecular flexibility index (Phi) is 4.93. The molecule has 1 aliphatic rings. The van der Waals surface area contributed by atoms with Crippen LogP contribution in [0.5, 0.6) is 5.75 Å². The van der Waals surface area contributed by atoms with Crippen LogP contribution >= 0.6 is 0 Å². The first kappa shape index (κ1) is 15.6. The van der Waals surface area contributed by atoms with Gasteiger partial charge in [0.05, 0.1) is 0 Å². The van der Waals surface area contributed by atoms with Crippen molar-refractivity contribution in [3.05, 3.63) is 65.7 Å². The van der Waals surface area contributed by atoms with Gasteiger partial charge in [-0.25, -0.2) is 0 Å². The maximum Gasteiger partial charge on any atom is 0.253 e. The Morgan fingerprint density at radius 3 is 2.70 bits per heavy atom. The van der Waals surface area contributed by atoms with Crippen molar-refractivity contribution in [1.29, 1.82) is 0 Å². The number of hydrogen-bond donors (Lipinski definition) is 1. The highest BCUT2D eigenvalue weighted by atomic mass is 16.5. The maximum atomic E-state index is 12.3. The lowest BCUT2D eigenvalue weighted by Gasteiger charge is -2.16. The summed E-state index contributed by atoms with van der Waals surface area (Å²) in [6, 6.07) is 17.6. The quantitative estimate of drug-likeness (QED) is 0.892. The largest absolute Gasteiger partial charge is 0.490 e. The number of para-hydroxylation sites is 1. The molecule has 1 N–H and O–H groups in total. The molecule has 23 heavy (non-hydrogen) atoms. The Bertz CT molecular complexity index is 632. The van der Waals surface area contributed by atoms with Gasteiger partial charge in [0.1, 0.15) is 11.9 Å². The van der Waals surface area contributed by atoms with Crippen LogP contribution in [0, 0.1) is 0 Å². The molecular formula is C19H21NO3. The molecule has 4 heteroatoms. The molecule has 0 saturated carbocycles. The molecule has 0 radical (unpaired) electrons. The zero-order valence-electron chi connectivity index (χ0n) is 13.2. The van der Waals surface area contributed by atoms with E-state index in [1.54, 1.807) is 7.11 Å². The molecule has 3 rings (SSSR count). The Morgan fingerprint density at radius 1 is 1.22 bits per heavy atom. The molecule has 1 heterocycles. The Balaban J connectivity index is 1.48. The van der Waals surface area contributed by atoms with Gasteiger partial charge in [0.15, 0.2) is 6.10 Å². The lowest BCUT2D eigenvalue weighted by molar-refractivity contribution is -0.131. The van der Waals surface area contributed by atoms with E-state index in [1.165, 1.54) is 5.56 Å². The molecule has 2 atom stereocenters. The molecule has 0 unspecified atom stereocenters. The second kappa shape index (κ2) is 7.29. The minimum atomic E-state index is -0.571. The van der Waals surface area contributed by atoms with E-state index >= 15 is 0 Å². The van der Waals surface area contributed by atoms with Crippen molar-refractivity contribution >= 4 is 5.91 Å². The number of rotatable bonds is 6. The first-order valence-corrected chi connectivity index (χ1v) is 7.88. The maximum absolute atomic E-state index is 12.3. The Morgan fingerprint density at radius 2 is 1.96 bits per heavy atom. The van der Waals surface area contributed by atoms with Gasteiger partial charge in [0.25, 0.3) is 5.91 Å². The van der Waals surface area contributed by atoms with E-state index in [1.807, 2.05) is 48.5 Å². The topological polar surface area (TPSA) is 47.6 Å². The number of hydrogen-bond acceptors (Lipinski definition) is 3. The molecule has 120 valence electrons. The van der Waals surface area contributed by atoms with Gasteiger partial charge in [-0.05, 0) is 17.2 Å². The van der Waals surface area contributed by atoms with E-state index < -0.39 is 6.10 Å². The number of amides is 1. The molecule has 2 aromatic rings. The van der Waals surface area contributed by atoms with Crippen molar-refractivity contribution < 1.29 is 14.3 Å². The molecule has 2 aromatic carbocycles. The third-order valence-corrected chi connectivity index (χ3v) is 4.06.